The second kappa shape index (κ2) is 10.5. The first-order valence-electron chi connectivity index (χ1n) is 9.74. The molecule has 5 atom stereocenters. The summed E-state index contributed by atoms with van der Waals surface area (Å²) in [6.07, 6.45) is -6.29. The van der Waals surface area contributed by atoms with E-state index in [2.05, 4.69) is 0 Å². The minimum atomic E-state index is -1.56. The lowest BCUT2D eigenvalue weighted by atomic mass is 9.99. The van der Waals surface area contributed by atoms with Crippen LogP contribution < -0.4 is 4.74 Å². The molecule has 3 rings (SSSR count). The molecule has 8 nitrogen and oxygen atoms in total. The molecule has 0 aromatic heterocycles. The summed E-state index contributed by atoms with van der Waals surface area (Å²) in [5.74, 6) is -0.204. The van der Waals surface area contributed by atoms with E-state index in [0.29, 0.717) is 12.0 Å². The molecule has 4 N–H and O–H groups in total. The van der Waals surface area contributed by atoms with Crippen molar-refractivity contribution >= 4 is 5.97 Å². The quantitative estimate of drug-likeness (QED) is 0.458. The van der Waals surface area contributed by atoms with Crippen LogP contribution in [0, 0.1) is 0 Å². The van der Waals surface area contributed by atoms with Crippen molar-refractivity contribution in [2.75, 3.05) is 6.61 Å². The molecule has 0 spiro atoms. The van der Waals surface area contributed by atoms with Crippen molar-refractivity contribution in [2.24, 2.45) is 0 Å². The zero-order valence-electron chi connectivity index (χ0n) is 16.3. The SMILES string of the molecule is O=C(CCc1ccccc1)OC[C@H]1O[C@@H](Oc2ccccc2CO)[C@H](O)[C@@H](O)[C@@H]1O. The second-order valence-electron chi connectivity index (χ2n) is 7.07. The standard InChI is InChI=1S/C22H26O8/c23-12-15-8-4-5-9-16(15)29-22-21(27)20(26)19(25)17(30-22)13-28-18(24)11-10-14-6-2-1-3-7-14/h1-9,17,19-23,25-27H,10-13H2/t17-,19-,20+,21-,22-/m1/s1. The van der Waals surface area contributed by atoms with Crippen LogP contribution in [0.25, 0.3) is 0 Å². The lowest BCUT2D eigenvalue weighted by Gasteiger charge is -2.40. The van der Waals surface area contributed by atoms with Gasteiger partial charge in [-0.3, -0.25) is 4.79 Å². The number of aliphatic hydroxyl groups is 4. The second-order valence-corrected chi connectivity index (χ2v) is 7.07. The van der Waals surface area contributed by atoms with E-state index in [9.17, 15) is 25.2 Å². The number of para-hydroxylation sites is 1. The van der Waals surface area contributed by atoms with Gasteiger partial charge in [0.1, 0.15) is 36.8 Å². The number of hydrogen-bond acceptors (Lipinski definition) is 8. The highest BCUT2D eigenvalue weighted by Gasteiger charge is 2.45. The number of aryl methyl sites for hydroxylation is 1. The maximum Gasteiger partial charge on any atom is 0.306 e. The van der Waals surface area contributed by atoms with E-state index in [1.807, 2.05) is 30.3 Å². The van der Waals surface area contributed by atoms with Crippen molar-refractivity contribution in [2.45, 2.75) is 50.2 Å². The summed E-state index contributed by atoms with van der Waals surface area (Å²) in [5, 5.41) is 40.0. The van der Waals surface area contributed by atoms with Crippen LogP contribution >= 0.6 is 0 Å². The summed E-state index contributed by atoms with van der Waals surface area (Å²) in [6.45, 7) is -0.591. The Morgan fingerprint density at radius 1 is 0.933 bits per heavy atom. The number of ether oxygens (including phenoxy) is 3. The lowest BCUT2D eigenvalue weighted by molar-refractivity contribution is -0.278. The molecule has 1 heterocycles. The monoisotopic (exact) mass is 418 g/mol. The first kappa shape index (κ1) is 22.2. The number of benzene rings is 2. The van der Waals surface area contributed by atoms with Crippen molar-refractivity contribution in [1.82, 2.24) is 0 Å². The smallest absolute Gasteiger partial charge is 0.306 e. The number of rotatable bonds is 8. The molecule has 2 aromatic carbocycles. The molecule has 1 aliphatic heterocycles. The van der Waals surface area contributed by atoms with Gasteiger partial charge in [0, 0.05) is 12.0 Å². The van der Waals surface area contributed by atoms with Crippen LogP contribution in [0.2, 0.25) is 0 Å². The topological polar surface area (TPSA) is 126 Å². The molecular weight excluding hydrogens is 392 g/mol. The zero-order chi connectivity index (χ0) is 21.5. The molecular formula is C22H26O8. The van der Waals surface area contributed by atoms with Crippen LogP contribution in [0.4, 0.5) is 0 Å². The molecule has 1 saturated heterocycles. The van der Waals surface area contributed by atoms with E-state index in [1.165, 1.54) is 0 Å². The number of carbonyl (C=O) groups is 1. The summed E-state index contributed by atoms with van der Waals surface area (Å²) in [7, 11) is 0. The third kappa shape index (κ3) is 5.56. The van der Waals surface area contributed by atoms with E-state index < -0.39 is 36.7 Å². The highest BCUT2D eigenvalue weighted by atomic mass is 16.7. The van der Waals surface area contributed by atoms with E-state index in [0.717, 1.165) is 5.56 Å². The van der Waals surface area contributed by atoms with E-state index in [1.54, 1.807) is 24.3 Å². The largest absolute Gasteiger partial charge is 0.463 e. The van der Waals surface area contributed by atoms with Gasteiger partial charge in [0.15, 0.2) is 0 Å². The van der Waals surface area contributed by atoms with Crippen LogP contribution in [0.3, 0.4) is 0 Å². The average Bonchev–Trinajstić information content (AvgIpc) is 2.78. The highest BCUT2D eigenvalue weighted by molar-refractivity contribution is 5.69. The Hall–Kier alpha value is -2.49. The fraction of sp³-hybridized carbons (Fsp3) is 0.409. The summed E-state index contributed by atoms with van der Waals surface area (Å²) >= 11 is 0. The molecule has 2 aromatic rings. The van der Waals surface area contributed by atoms with Crippen LogP contribution in [0.15, 0.2) is 54.6 Å². The van der Waals surface area contributed by atoms with E-state index in [-0.39, 0.29) is 25.4 Å². The number of carbonyl (C=O) groups excluding carboxylic acids is 1. The van der Waals surface area contributed by atoms with Crippen molar-refractivity contribution in [3.8, 4) is 5.75 Å². The Morgan fingerprint density at radius 3 is 2.37 bits per heavy atom. The predicted molar refractivity (Wildman–Crippen MR) is 105 cm³/mol. The highest BCUT2D eigenvalue weighted by Crippen LogP contribution is 2.26. The minimum Gasteiger partial charge on any atom is -0.463 e. The Kier molecular flexibility index (Phi) is 7.78. The molecule has 0 radical (unpaired) electrons. The summed E-state index contributed by atoms with van der Waals surface area (Å²) in [5.41, 5.74) is 1.47. The Bertz CT molecular complexity index is 812. The first-order chi connectivity index (χ1) is 14.5. The van der Waals surface area contributed by atoms with E-state index in [4.69, 9.17) is 14.2 Å². The molecule has 0 bridgehead atoms. The van der Waals surface area contributed by atoms with Crippen LogP contribution in [-0.4, -0.2) is 63.7 Å². The maximum atomic E-state index is 12.0. The van der Waals surface area contributed by atoms with Crippen molar-refractivity contribution in [3.05, 3.63) is 65.7 Å². The molecule has 162 valence electrons. The molecule has 8 heteroatoms. The number of aliphatic hydroxyl groups excluding tert-OH is 4. The summed E-state index contributed by atoms with van der Waals surface area (Å²) < 4.78 is 16.4. The van der Waals surface area contributed by atoms with Crippen LogP contribution in [0.5, 0.6) is 5.75 Å². The average molecular weight is 418 g/mol. The molecule has 30 heavy (non-hydrogen) atoms. The maximum absolute atomic E-state index is 12.0. The van der Waals surface area contributed by atoms with Gasteiger partial charge in [-0.15, -0.1) is 0 Å². The summed E-state index contributed by atoms with van der Waals surface area (Å²) in [4.78, 5) is 12.0. The molecule has 1 aliphatic rings. The van der Waals surface area contributed by atoms with Gasteiger partial charge in [-0.05, 0) is 18.1 Å². The van der Waals surface area contributed by atoms with Gasteiger partial charge < -0.3 is 34.6 Å². The molecule has 0 aliphatic carbocycles. The van der Waals surface area contributed by atoms with Crippen LogP contribution in [0.1, 0.15) is 17.5 Å². The van der Waals surface area contributed by atoms with Crippen molar-refractivity contribution in [1.29, 1.82) is 0 Å². The Labute approximate surface area is 174 Å². The fourth-order valence-electron chi connectivity index (χ4n) is 3.16. The van der Waals surface area contributed by atoms with E-state index >= 15 is 0 Å². The summed E-state index contributed by atoms with van der Waals surface area (Å²) in [6, 6.07) is 16.1. The van der Waals surface area contributed by atoms with Gasteiger partial charge in [0.2, 0.25) is 6.29 Å². The lowest BCUT2D eigenvalue weighted by Crippen LogP contribution is -2.60. The predicted octanol–water partition coefficient (Wildman–Crippen LogP) is 0.541. The number of hydrogen-bond donors (Lipinski definition) is 4. The Morgan fingerprint density at radius 2 is 1.63 bits per heavy atom. The first-order valence-corrected chi connectivity index (χ1v) is 9.74. The number of esters is 1. The van der Waals surface area contributed by atoms with Gasteiger partial charge in [-0.25, -0.2) is 0 Å². The Balaban J connectivity index is 1.56. The molecule has 0 unspecified atom stereocenters. The van der Waals surface area contributed by atoms with Gasteiger partial charge >= 0.3 is 5.97 Å². The van der Waals surface area contributed by atoms with Gasteiger partial charge in [0.25, 0.3) is 0 Å². The molecule has 0 saturated carbocycles. The fourth-order valence-corrected chi connectivity index (χ4v) is 3.16. The van der Waals surface area contributed by atoms with Crippen molar-refractivity contribution < 1.29 is 39.4 Å². The van der Waals surface area contributed by atoms with Crippen LogP contribution in [-0.2, 0) is 27.3 Å². The zero-order valence-corrected chi connectivity index (χ0v) is 16.3. The van der Waals surface area contributed by atoms with Gasteiger partial charge in [-0.1, -0.05) is 48.5 Å². The third-order valence-electron chi connectivity index (χ3n) is 4.92. The van der Waals surface area contributed by atoms with Gasteiger partial charge in [-0.2, -0.15) is 0 Å². The van der Waals surface area contributed by atoms with Crippen molar-refractivity contribution in [3.63, 3.8) is 0 Å². The minimum absolute atomic E-state index is 0.155. The molecule has 0 amide bonds. The normalized spacial score (nSPS) is 26.2. The van der Waals surface area contributed by atoms with Gasteiger partial charge in [0.05, 0.1) is 6.61 Å². The molecule has 1 fully saturated rings. The third-order valence-corrected chi connectivity index (χ3v) is 4.92.